The summed E-state index contributed by atoms with van der Waals surface area (Å²) in [5.41, 5.74) is 2.20. The van der Waals surface area contributed by atoms with Gasteiger partial charge in [-0.3, -0.25) is 0 Å². The first-order chi connectivity index (χ1) is 12.5. The quantitative estimate of drug-likeness (QED) is 0.368. The van der Waals surface area contributed by atoms with Gasteiger partial charge in [0.1, 0.15) is 12.4 Å². The molecule has 1 N–H and O–H groups in total. The molecule has 0 atom stereocenters. The zero-order chi connectivity index (χ0) is 18.8. The highest BCUT2D eigenvalue weighted by Crippen LogP contribution is 2.28. The molecule has 0 fully saturated rings. The zero-order valence-corrected chi connectivity index (χ0v) is 15.4. The molecule has 0 unspecified atom stereocenters. The summed E-state index contributed by atoms with van der Waals surface area (Å²) in [5, 5.41) is 8.57. The lowest BCUT2D eigenvalue weighted by Crippen LogP contribution is -2.13. The van der Waals surface area contributed by atoms with Gasteiger partial charge >= 0.3 is 5.97 Å². The fourth-order valence-electron chi connectivity index (χ4n) is 2.58. The normalized spacial score (nSPS) is 11.9. The van der Waals surface area contributed by atoms with E-state index in [1.807, 2.05) is 30.3 Å². The van der Waals surface area contributed by atoms with E-state index in [0.717, 1.165) is 24.2 Å². The molecule has 0 saturated carbocycles. The van der Waals surface area contributed by atoms with E-state index in [-0.39, 0.29) is 5.41 Å². The second-order valence-corrected chi connectivity index (χ2v) is 6.74. The summed E-state index contributed by atoms with van der Waals surface area (Å²) in [6.07, 6.45) is 8.67. The molecule has 3 nitrogen and oxygen atoms in total. The van der Waals surface area contributed by atoms with Gasteiger partial charge in [0.25, 0.3) is 0 Å². The number of benzene rings is 2. The monoisotopic (exact) mass is 350 g/mol. The Kier molecular flexibility index (Phi) is 7.22. The predicted octanol–water partition coefficient (Wildman–Crippen LogP) is 5.52. The number of allylic oxidation sites excluding steroid dienone is 3. The highest BCUT2D eigenvalue weighted by Gasteiger charge is 2.17. The third kappa shape index (κ3) is 6.60. The minimum atomic E-state index is -0.901. The SMILES string of the molecule is CC(C)(C=CCCC=CC(=O)O)c1cccc(OCc2ccccc2)c1. The van der Waals surface area contributed by atoms with Crippen LogP contribution in [-0.4, -0.2) is 11.1 Å². The van der Waals surface area contributed by atoms with Crippen LogP contribution in [0.4, 0.5) is 0 Å². The average Bonchev–Trinajstić information content (AvgIpc) is 2.64. The van der Waals surface area contributed by atoms with Crippen LogP contribution >= 0.6 is 0 Å². The van der Waals surface area contributed by atoms with Crippen LogP contribution in [0.25, 0.3) is 0 Å². The lowest BCUT2D eigenvalue weighted by atomic mass is 9.84. The van der Waals surface area contributed by atoms with E-state index < -0.39 is 5.97 Å². The van der Waals surface area contributed by atoms with E-state index in [4.69, 9.17) is 9.84 Å². The number of unbranched alkanes of at least 4 members (excludes halogenated alkanes) is 1. The van der Waals surface area contributed by atoms with Gasteiger partial charge in [0, 0.05) is 11.5 Å². The minimum Gasteiger partial charge on any atom is -0.489 e. The maximum atomic E-state index is 10.4. The molecular formula is C23H26O3. The number of carboxylic acid groups (broad SMARTS) is 1. The van der Waals surface area contributed by atoms with E-state index in [2.05, 4.69) is 50.3 Å². The van der Waals surface area contributed by atoms with Crippen molar-refractivity contribution in [3.05, 3.63) is 90.0 Å². The Hall–Kier alpha value is -2.81. The maximum absolute atomic E-state index is 10.4. The Morgan fingerprint density at radius 1 is 1.04 bits per heavy atom. The topological polar surface area (TPSA) is 46.5 Å². The molecule has 0 amide bonds. The van der Waals surface area contributed by atoms with Crippen LogP contribution in [0.5, 0.6) is 5.75 Å². The molecule has 0 radical (unpaired) electrons. The van der Waals surface area contributed by atoms with Crippen LogP contribution in [0.3, 0.4) is 0 Å². The molecule has 0 aliphatic carbocycles. The second-order valence-electron chi connectivity index (χ2n) is 6.74. The van der Waals surface area contributed by atoms with Crippen LogP contribution in [0.2, 0.25) is 0 Å². The van der Waals surface area contributed by atoms with Gasteiger partial charge in [-0.25, -0.2) is 4.79 Å². The summed E-state index contributed by atoms with van der Waals surface area (Å²) in [7, 11) is 0. The van der Waals surface area contributed by atoms with Gasteiger partial charge in [0.15, 0.2) is 0 Å². The fraction of sp³-hybridized carbons (Fsp3) is 0.261. The van der Waals surface area contributed by atoms with Crippen LogP contribution < -0.4 is 4.74 Å². The first-order valence-electron chi connectivity index (χ1n) is 8.82. The van der Waals surface area contributed by atoms with Gasteiger partial charge in [-0.05, 0) is 36.1 Å². The maximum Gasteiger partial charge on any atom is 0.327 e. The van der Waals surface area contributed by atoms with E-state index in [1.54, 1.807) is 6.08 Å². The van der Waals surface area contributed by atoms with E-state index in [1.165, 1.54) is 11.6 Å². The Labute approximate surface area is 155 Å². The number of ether oxygens (including phenoxy) is 1. The first kappa shape index (κ1) is 19.5. The largest absolute Gasteiger partial charge is 0.489 e. The summed E-state index contributed by atoms with van der Waals surface area (Å²) in [4.78, 5) is 10.4. The van der Waals surface area contributed by atoms with Gasteiger partial charge in [0.2, 0.25) is 0 Å². The van der Waals surface area contributed by atoms with Crippen LogP contribution in [0.15, 0.2) is 78.9 Å². The average molecular weight is 350 g/mol. The Morgan fingerprint density at radius 3 is 2.50 bits per heavy atom. The van der Waals surface area contributed by atoms with Crippen molar-refractivity contribution in [3.63, 3.8) is 0 Å². The van der Waals surface area contributed by atoms with Gasteiger partial charge < -0.3 is 9.84 Å². The van der Waals surface area contributed by atoms with Crippen molar-refractivity contribution >= 4 is 5.97 Å². The molecule has 0 bridgehead atoms. The zero-order valence-electron chi connectivity index (χ0n) is 15.4. The minimum absolute atomic E-state index is 0.122. The Balaban J connectivity index is 1.95. The van der Waals surface area contributed by atoms with Crippen molar-refractivity contribution in [2.45, 2.75) is 38.7 Å². The smallest absolute Gasteiger partial charge is 0.327 e. The number of aliphatic carboxylic acids is 1. The highest BCUT2D eigenvalue weighted by molar-refractivity contribution is 5.79. The lowest BCUT2D eigenvalue weighted by Gasteiger charge is -2.22. The van der Waals surface area contributed by atoms with Crippen LogP contribution in [0.1, 0.15) is 37.8 Å². The van der Waals surface area contributed by atoms with Crippen molar-refractivity contribution in [1.29, 1.82) is 0 Å². The molecule has 0 aliphatic rings. The van der Waals surface area contributed by atoms with Crippen LogP contribution in [-0.2, 0) is 16.8 Å². The highest BCUT2D eigenvalue weighted by atomic mass is 16.5. The molecule has 0 aromatic heterocycles. The van der Waals surface area contributed by atoms with Crippen molar-refractivity contribution in [2.24, 2.45) is 0 Å². The molecule has 0 saturated heterocycles. The second kappa shape index (κ2) is 9.62. The molecule has 0 aliphatic heterocycles. The van der Waals surface area contributed by atoms with Crippen molar-refractivity contribution < 1.29 is 14.6 Å². The summed E-state index contributed by atoms with van der Waals surface area (Å²) in [6.45, 7) is 4.87. The third-order valence-corrected chi connectivity index (χ3v) is 4.12. The molecule has 136 valence electrons. The molecule has 26 heavy (non-hydrogen) atoms. The number of carbonyl (C=O) groups is 1. The summed E-state index contributed by atoms with van der Waals surface area (Å²) >= 11 is 0. The molecule has 0 heterocycles. The molecule has 2 aromatic rings. The Bertz CT molecular complexity index is 758. The van der Waals surface area contributed by atoms with Crippen molar-refractivity contribution in [1.82, 2.24) is 0 Å². The Morgan fingerprint density at radius 2 is 1.77 bits per heavy atom. The number of rotatable bonds is 9. The lowest BCUT2D eigenvalue weighted by molar-refractivity contribution is -0.131. The van der Waals surface area contributed by atoms with Gasteiger partial charge in [-0.15, -0.1) is 0 Å². The van der Waals surface area contributed by atoms with E-state index in [0.29, 0.717) is 6.61 Å². The summed E-state index contributed by atoms with van der Waals surface area (Å²) < 4.78 is 5.92. The molecule has 2 rings (SSSR count). The summed E-state index contributed by atoms with van der Waals surface area (Å²) in [6, 6.07) is 18.3. The number of hydrogen-bond acceptors (Lipinski definition) is 2. The van der Waals surface area contributed by atoms with Gasteiger partial charge in [0.05, 0.1) is 0 Å². The fourth-order valence-corrected chi connectivity index (χ4v) is 2.58. The standard InChI is InChI=1S/C23H26O3/c1-23(2,16-9-4-3-8-15-22(24)25)20-13-10-14-21(17-20)26-18-19-11-6-5-7-12-19/h5-17H,3-4,18H2,1-2H3,(H,24,25). The van der Waals surface area contributed by atoms with Crippen molar-refractivity contribution in [3.8, 4) is 5.75 Å². The predicted molar refractivity (Wildman–Crippen MR) is 105 cm³/mol. The van der Waals surface area contributed by atoms with Gasteiger partial charge in [-0.2, -0.15) is 0 Å². The van der Waals surface area contributed by atoms with Gasteiger partial charge in [-0.1, -0.05) is 74.5 Å². The number of carboxylic acids is 1. The van der Waals surface area contributed by atoms with Crippen LogP contribution in [0, 0.1) is 0 Å². The summed E-state index contributed by atoms with van der Waals surface area (Å²) in [5.74, 6) is -0.0427. The molecule has 0 spiro atoms. The first-order valence-corrected chi connectivity index (χ1v) is 8.82. The van der Waals surface area contributed by atoms with Crippen molar-refractivity contribution in [2.75, 3.05) is 0 Å². The van der Waals surface area contributed by atoms with E-state index in [9.17, 15) is 4.79 Å². The third-order valence-electron chi connectivity index (χ3n) is 4.12. The number of hydrogen-bond donors (Lipinski definition) is 1. The van der Waals surface area contributed by atoms with E-state index >= 15 is 0 Å². The molecular weight excluding hydrogens is 324 g/mol. The molecule has 2 aromatic carbocycles. The molecule has 3 heteroatoms.